The Kier molecular flexibility index (Phi) is 5.72. The van der Waals surface area contributed by atoms with Crippen LogP contribution in [0.3, 0.4) is 0 Å². The van der Waals surface area contributed by atoms with Gasteiger partial charge < -0.3 is 4.74 Å². The molecule has 0 N–H and O–H groups in total. The van der Waals surface area contributed by atoms with Crippen LogP contribution in [0.15, 0.2) is 18.2 Å². The van der Waals surface area contributed by atoms with Gasteiger partial charge >= 0.3 is 12.1 Å². The Morgan fingerprint density at radius 2 is 1.62 bits per heavy atom. The molecule has 116 valence electrons. The fraction of sp³-hybridized carbons (Fsp3) is 0.467. The minimum Gasteiger partial charge on any atom is -0.432 e. The lowest BCUT2D eigenvalue weighted by molar-refractivity contribution is -0.452. The molecular weight excluding hydrogens is 276 g/mol. The standard InChI is InChI=1S/C15H20O6/c1-10-7-6-8-11(2)12(10)13(16)19-21-20-14(17)18-9-15(3,4)5/h6-8H,9H2,1-5H3. The van der Waals surface area contributed by atoms with Crippen molar-refractivity contribution >= 4 is 12.1 Å². The van der Waals surface area contributed by atoms with Crippen molar-refractivity contribution in [2.75, 3.05) is 6.61 Å². The normalized spacial score (nSPS) is 10.9. The van der Waals surface area contributed by atoms with E-state index >= 15 is 0 Å². The highest BCUT2D eigenvalue weighted by atomic mass is 17.5. The van der Waals surface area contributed by atoms with Gasteiger partial charge in [0.2, 0.25) is 0 Å². The van der Waals surface area contributed by atoms with Crippen LogP contribution < -0.4 is 0 Å². The van der Waals surface area contributed by atoms with E-state index in [1.807, 2.05) is 26.8 Å². The molecule has 0 radical (unpaired) electrons. The Morgan fingerprint density at radius 1 is 1.05 bits per heavy atom. The minimum absolute atomic E-state index is 0.153. The number of ether oxygens (including phenoxy) is 1. The van der Waals surface area contributed by atoms with Crippen molar-refractivity contribution in [2.45, 2.75) is 34.6 Å². The summed E-state index contributed by atoms with van der Waals surface area (Å²) >= 11 is 0. The van der Waals surface area contributed by atoms with E-state index in [1.165, 1.54) is 0 Å². The lowest BCUT2D eigenvalue weighted by Gasteiger charge is -2.16. The molecule has 0 saturated heterocycles. The summed E-state index contributed by atoms with van der Waals surface area (Å²) in [6.45, 7) is 9.36. The minimum atomic E-state index is -1.07. The molecule has 0 unspecified atom stereocenters. The van der Waals surface area contributed by atoms with Crippen LogP contribution in [0.5, 0.6) is 0 Å². The molecule has 0 aliphatic carbocycles. The third kappa shape index (κ3) is 5.83. The van der Waals surface area contributed by atoms with Crippen molar-refractivity contribution in [1.29, 1.82) is 0 Å². The molecule has 0 atom stereocenters. The number of rotatable bonds is 4. The number of hydrogen-bond donors (Lipinski definition) is 0. The summed E-state index contributed by atoms with van der Waals surface area (Å²) in [5.41, 5.74) is 1.63. The van der Waals surface area contributed by atoms with Crippen LogP contribution in [-0.2, 0) is 19.6 Å². The van der Waals surface area contributed by atoms with Gasteiger partial charge in [0, 0.05) is 0 Å². The molecule has 0 bridgehead atoms. The average Bonchev–Trinajstić information content (AvgIpc) is 2.35. The Balaban J connectivity index is 2.42. The molecule has 6 nitrogen and oxygen atoms in total. The van der Waals surface area contributed by atoms with Crippen LogP contribution in [0, 0.1) is 19.3 Å². The predicted octanol–water partition coefficient (Wildman–Crippen LogP) is 3.51. The Labute approximate surface area is 123 Å². The molecule has 21 heavy (non-hydrogen) atoms. The van der Waals surface area contributed by atoms with Crippen molar-refractivity contribution in [1.82, 2.24) is 0 Å². The Morgan fingerprint density at radius 3 is 2.14 bits per heavy atom. The van der Waals surface area contributed by atoms with E-state index in [9.17, 15) is 9.59 Å². The zero-order valence-corrected chi connectivity index (χ0v) is 12.9. The van der Waals surface area contributed by atoms with E-state index in [4.69, 9.17) is 4.74 Å². The van der Waals surface area contributed by atoms with Crippen molar-refractivity contribution < 1.29 is 29.1 Å². The maximum absolute atomic E-state index is 11.8. The summed E-state index contributed by atoms with van der Waals surface area (Å²) in [5, 5.41) is 4.16. The first-order valence-electron chi connectivity index (χ1n) is 6.49. The number of hydrogen-bond acceptors (Lipinski definition) is 6. The van der Waals surface area contributed by atoms with Gasteiger partial charge in [0.15, 0.2) is 0 Å². The van der Waals surface area contributed by atoms with Gasteiger partial charge in [-0.25, -0.2) is 14.5 Å². The molecular formula is C15H20O6. The predicted molar refractivity (Wildman–Crippen MR) is 74.3 cm³/mol. The smallest absolute Gasteiger partial charge is 0.432 e. The average molecular weight is 296 g/mol. The number of carbonyl (C=O) groups is 2. The molecule has 1 rings (SSSR count). The van der Waals surface area contributed by atoms with E-state index in [0.29, 0.717) is 5.56 Å². The second-order valence-corrected chi connectivity index (χ2v) is 5.89. The number of aryl methyl sites for hydroxylation is 2. The molecule has 0 saturated carbocycles. The van der Waals surface area contributed by atoms with Crippen molar-refractivity contribution in [3.8, 4) is 0 Å². The van der Waals surface area contributed by atoms with E-state index < -0.39 is 12.1 Å². The fourth-order valence-electron chi connectivity index (χ4n) is 1.55. The van der Waals surface area contributed by atoms with Gasteiger partial charge in [-0.1, -0.05) is 39.0 Å². The van der Waals surface area contributed by atoms with Gasteiger partial charge in [-0.15, -0.1) is 0 Å². The first-order chi connectivity index (χ1) is 9.70. The van der Waals surface area contributed by atoms with E-state index in [1.54, 1.807) is 26.0 Å². The van der Waals surface area contributed by atoms with E-state index in [0.717, 1.165) is 11.1 Å². The highest BCUT2D eigenvalue weighted by Crippen LogP contribution is 2.15. The van der Waals surface area contributed by atoms with E-state index in [2.05, 4.69) is 14.8 Å². The first-order valence-corrected chi connectivity index (χ1v) is 6.49. The quantitative estimate of drug-likeness (QED) is 0.481. The second kappa shape index (κ2) is 7.08. The monoisotopic (exact) mass is 296 g/mol. The summed E-state index contributed by atoms with van der Waals surface area (Å²) < 4.78 is 4.76. The third-order valence-electron chi connectivity index (χ3n) is 2.52. The highest BCUT2D eigenvalue weighted by Gasteiger charge is 2.18. The lowest BCUT2D eigenvalue weighted by atomic mass is 9.99. The van der Waals surface area contributed by atoms with E-state index in [-0.39, 0.29) is 12.0 Å². The van der Waals surface area contributed by atoms with Crippen molar-refractivity contribution in [3.63, 3.8) is 0 Å². The zero-order chi connectivity index (χ0) is 16.0. The maximum Gasteiger partial charge on any atom is 0.543 e. The molecule has 0 heterocycles. The van der Waals surface area contributed by atoms with Crippen molar-refractivity contribution in [2.24, 2.45) is 5.41 Å². The van der Waals surface area contributed by atoms with Gasteiger partial charge in [0.25, 0.3) is 0 Å². The first kappa shape index (κ1) is 17.0. The van der Waals surface area contributed by atoms with Gasteiger partial charge in [-0.05, 0) is 30.4 Å². The number of benzene rings is 1. The summed E-state index contributed by atoms with van der Waals surface area (Å²) in [7, 11) is 0. The zero-order valence-electron chi connectivity index (χ0n) is 12.9. The van der Waals surface area contributed by atoms with Crippen LogP contribution in [0.25, 0.3) is 0 Å². The fourth-order valence-corrected chi connectivity index (χ4v) is 1.55. The van der Waals surface area contributed by atoms with Gasteiger partial charge in [-0.3, -0.25) is 4.89 Å². The Bertz CT molecular complexity index is 495. The third-order valence-corrected chi connectivity index (χ3v) is 2.52. The summed E-state index contributed by atoms with van der Waals surface area (Å²) in [6.07, 6.45) is -1.07. The molecule has 0 aliphatic rings. The SMILES string of the molecule is Cc1cccc(C)c1C(=O)OOOC(=O)OCC(C)(C)C. The van der Waals surface area contributed by atoms with Crippen LogP contribution in [0.1, 0.15) is 42.3 Å². The van der Waals surface area contributed by atoms with Crippen LogP contribution in [0.4, 0.5) is 4.79 Å². The highest BCUT2D eigenvalue weighted by molar-refractivity contribution is 5.92. The van der Waals surface area contributed by atoms with Gasteiger partial charge in [-0.2, -0.15) is 0 Å². The topological polar surface area (TPSA) is 71.1 Å². The molecule has 1 aromatic rings. The second-order valence-electron chi connectivity index (χ2n) is 5.89. The van der Waals surface area contributed by atoms with Crippen molar-refractivity contribution in [3.05, 3.63) is 34.9 Å². The largest absolute Gasteiger partial charge is 0.543 e. The molecule has 0 fully saturated rings. The summed E-state index contributed by atoms with van der Waals surface area (Å²) in [5.74, 6) is -0.741. The van der Waals surface area contributed by atoms with Crippen LogP contribution in [0.2, 0.25) is 0 Å². The molecule has 0 aromatic heterocycles. The van der Waals surface area contributed by atoms with Crippen LogP contribution in [-0.4, -0.2) is 18.7 Å². The molecule has 6 heteroatoms. The molecule has 0 amide bonds. The summed E-state index contributed by atoms with van der Waals surface area (Å²) in [6, 6.07) is 5.35. The Hall–Kier alpha value is -2.08. The molecule has 0 aliphatic heterocycles. The lowest BCUT2D eigenvalue weighted by Crippen LogP contribution is -2.20. The van der Waals surface area contributed by atoms with Gasteiger partial charge in [0.1, 0.15) is 0 Å². The maximum atomic E-state index is 11.8. The van der Waals surface area contributed by atoms with Gasteiger partial charge in [0.05, 0.1) is 17.2 Å². The molecule has 1 aromatic carbocycles. The number of carbonyl (C=O) groups excluding carboxylic acids is 2. The van der Waals surface area contributed by atoms with Crippen LogP contribution >= 0.6 is 0 Å². The summed E-state index contributed by atoms with van der Waals surface area (Å²) in [4.78, 5) is 31.6. The molecule has 0 spiro atoms.